The van der Waals surface area contributed by atoms with Crippen molar-refractivity contribution in [1.82, 2.24) is 19.8 Å². The lowest BCUT2D eigenvalue weighted by molar-refractivity contribution is 0.0755. The second-order valence-electron chi connectivity index (χ2n) is 5.28. The standard InChI is InChI=1S/C14H23N5O/c1-4-16-13-9-15-8-12(17-13)14(20)19(3)10-11-6-5-7-18(11)2/h8-9,11H,4-7,10H2,1-3H3,(H,16,17). The number of likely N-dealkylation sites (N-methyl/N-ethyl adjacent to an activating group) is 2. The van der Waals surface area contributed by atoms with Crippen molar-refractivity contribution in [2.45, 2.75) is 25.8 Å². The Balaban J connectivity index is 2.00. The number of anilines is 1. The lowest BCUT2D eigenvalue weighted by Gasteiger charge is -2.25. The molecule has 1 amide bonds. The summed E-state index contributed by atoms with van der Waals surface area (Å²) in [7, 11) is 3.94. The number of carbonyl (C=O) groups is 1. The van der Waals surface area contributed by atoms with Gasteiger partial charge in [-0.25, -0.2) is 4.98 Å². The Morgan fingerprint density at radius 2 is 2.35 bits per heavy atom. The molecule has 1 unspecified atom stereocenters. The number of likely N-dealkylation sites (tertiary alicyclic amines) is 1. The van der Waals surface area contributed by atoms with Gasteiger partial charge in [-0.1, -0.05) is 0 Å². The molecule has 1 aromatic rings. The molecule has 2 rings (SSSR count). The van der Waals surface area contributed by atoms with Crippen LogP contribution in [0, 0.1) is 0 Å². The summed E-state index contributed by atoms with van der Waals surface area (Å²) in [6, 6.07) is 0.453. The first-order valence-electron chi connectivity index (χ1n) is 7.13. The van der Waals surface area contributed by atoms with Crippen molar-refractivity contribution < 1.29 is 4.79 Å². The summed E-state index contributed by atoms with van der Waals surface area (Å²) in [5, 5.41) is 3.07. The van der Waals surface area contributed by atoms with E-state index in [1.165, 1.54) is 12.6 Å². The first kappa shape index (κ1) is 14.7. The third kappa shape index (κ3) is 3.45. The number of hydrogen-bond donors (Lipinski definition) is 1. The molecule has 1 aliphatic rings. The molecule has 6 heteroatoms. The van der Waals surface area contributed by atoms with Gasteiger partial charge >= 0.3 is 0 Å². The Bertz CT molecular complexity index is 465. The summed E-state index contributed by atoms with van der Waals surface area (Å²) in [6.45, 7) is 4.60. The minimum absolute atomic E-state index is 0.0717. The summed E-state index contributed by atoms with van der Waals surface area (Å²) < 4.78 is 0. The molecule has 110 valence electrons. The number of amides is 1. The zero-order chi connectivity index (χ0) is 14.5. The van der Waals surface area contributed by atoms with E-state index >= 15 is 0 Å². The molecule has 0 aromatic carbocycles. The lowest BCUT2D eigenvalue weighted by atomic mass is 10.2. The SMILES string of the molecule is CCNc1cncc(C(=O)N(C)CC2CCCN2C)n1. The highest BCUT2D eigenvalue weighted by Gasteiger charge is 2.24. The first-order valence-corrected chi connectivity index (χ1v) is 7.13. The highest BCUT2D eigenvalue weighted by atomic mass is 16.2. The van der Waals surface area contributed by atoms with Gasteiger partial charge in [-0.2, -0.15) is 0 Å². The fraction of sp³-hybridized carbons (Fsp3) is 0.643. The average molecular weight is 277 g/mol. The largest absolute Gasteiger partial charge is 0.369 e. The van der Waals surface area contributed by atoms with Crippen molar-refractivity contribution in [2.24, 2.45) is 0 Å². The predicted molar refractivity (Wildman–Crippen MR) is 78.8 cm³/mol. The van der Waals surface area contributed by atoms with E-state index in [0.717, 1.165) is 26.1 Å². The quantitative estimate of drug-likeness (QED) is 0.872. The van der Waals surface area contributed by atoms with E-state index in [1.54, 1.807) is 11.1 Å². The molecule has 0 aliphatic carbocycles. The van der Waals surface area contributed by atoms with E-state index in [4.69, 9.17) is 0 Å². The fourth-order valence-corrected chi connectivity index (χ4v) is 2.54. The Morgan fingerprint density at radius 1 is 1.55 bits per heavy atom. The molecule has 1 N–H and O–H groups in total. The van der Waals surface area contributed by atoms with Gasteiger partial charge in [-0.3, -0.25) is 9.78 Å². The monoisotopic (exact) mass is 277 g/mol. The maximum Gasteiger partial charge on any atom is 0.273 e. The van der Waals surface area contributed by atoms with E-state index in [9.17, 15) is 4.79 Å². The highest BCUT2D eigenvalue weighted by molar-refractivity contribution is 5.92. The number of nitrogens with one attached hydrogen (secondary N) is 1. The van der Waals surface area contributed by atoms with E-state index in [1.807, 2.05) is 14.0 Å². The van der Waals surface area contributed by atoms with Gasteiger partial charge in [-0.15, -0.1) is 0 Å². The van der Waals surface area contributed by atoms with Crippen LogP contribution in [-0.4, -0.2) is 65.4 Å². The van der Waals surface area contributed by atoms with E-state index in [0.29, 0.717) is 17.6 Å². The Kier molecular flexibility index (Phi) is 4.89. The van der Waals surface area contributed by atoms with Gasteiger partial charge in [0.1, 0.15) is 11.5 Å². The summed E-state index contributed by atoms with van der Waals surface area (Å²) in [6.07, 6.45) is 5.51. The number of nitrogens with zero attached hydrogens (tertiary/aromatic N) is 4. The molecule has 1 aromatic heterocycles. The summed E-state index contributed by atoms with van der Waals surface area (Å²) >= 11 is 0. The third-order valence-electron chi connectivity index (χ3n) is 3.71. The number of hydrogen-bond acceptors (Lipinski definition) is 5. The predicted octanol–water partition coefficient (Wildman–Crippen LogP) is 1.07. The molecule has 0 spiro atoms. The lowest BCUT2D eigenvalue weighted by Crippen LogP contribution is -2.39. The second-order valence-corrected chi connectivity index (χ2v) is 5.28. The molecule has 0 saturated carbocycles. The van der Waals surface area contributed by atoms with Crippen LogP contribution in [0.4, 0.5) is 5.82 Å². The van der Waals surface area contributed by atoms with Crippen LogP contribution in [0.1, 0.15) is 30.3 Å². The zero-order valence-electron chi connectivity index (χ0n) is 12.5. The minimum Gasteiger partial charge on any atom is -0.369 e. The minimum atomic E-state index is -0.0717. The van der Waals surface area contributed by atoms with Gasteiger partial charge in [0.25, 0.3) is 5.91 Å². The van der Waals surface area contributed by atoms with Gasteiger partial charge in [0.2, 0.25) is 0 Å². The fourth-order valence-electron chi connectivity index (χ4n) is 2.54. The van der Waals surface area contributed by atoms with E-state index in [-0.39, 0.29) is 5.91 Å². The topological polar surface area (TPSA) is 61.4 Å². The smallest absolute Gasteiger partial charge is 0.273 e. The maximum atomic E-state index is 12.4. The van der Waals surface area contributed by atoms with Crippen LogP contribution >= 0.6 is 0 Å². The van der Waals surface area contributed by atoms with Crippen LogP contribution in [0.3, 0.4) is 0 Å². The van der Waals surface area contributed by atoms with Gasteiger partial charge in [-0.05, 0) is 33.4 Å². The van der Waals surface area contributed by atoms with Crippen molar-refractivity contribution in [1.29, 1.82) is 0 Å². The first-order chi connectivity index (χ1) is 9.61. The van der Waals surface area contributed by atoms with Crippen LogP contribution in [-0.2, 0) is 0 Å². The van der Waals surface area contributed by atoms with Crippen molar-refractivity contribution in [3.05, 3.63) is 18.1 Å². The molecule has 20 heavy (non-hydrogen) atoms. The van der Waals surface area contributed by atoms with Gasteiger partial charge in [0.05, 0.1) is 12.4 Å². The van der Waals surface area contributed by atoms with Crippen molar-refractivity contribution >= 4 is 11.7 Å². The van der Waals surface area contributed by atoms with Crippen molar-refractivity contribution in [3.63, 3.8) is 0 Å². The number of rotatable bonds is 5. The third-order valence-corrected chi connectivity index (χ3v) is 3.71. The van der Waals surface area contributed by atoms with E-state index in [2.05, 4.69) is 27.2 Å². The zero-order valence-corrected chi connectivity index (χ0v) is 12.5. The van der Waals surface area contributed by atoms with Crippen LogP contribution in [0.25, 0.3) is 0 Å². The molecule has 1 fully saturated rings. The summed E-state index contributed by atoms with van der Waals surface area (Å²) in [4.78, 5) is 24.8. The van der Waals surface area contributed by atoms with Gasteiger partial charge in [0, 0.05) is 26.2 Å². The number of aromatic nitrogens is 2. The molecule has 0 bridgehead atoms. The van der Waals surface area contributed by atoms with Crippen LogP contribution in [0.2, 0.25) is 0 Å². The van der Waals surface area contributed by atoms with Crippen molar-refractivity contribution in [3.8, 4) is 0 Å². The molecular weight excluding hydrogens is 254 g/mol. The van der Waals surface area contributed by atoms with E-state index < -0.39 is 0 Å². The molecular formula is C14H23N5O. The summed E-state index contributed by atoms with van der Waals surface area (Å²) in [5.74, 6) is 0.572. The van der Waals surface area contributed by atoms with Crippen LogP contribution < -0.4 is 5.32 Å². The maximum absolute atomic E-state index is 12.4. The molecule has 1 atom stereocenters. The Morgan fingerprint density at radius 3 is 3.00 bits per heavy atom. The summed E-state index contributed by atoms with van der Waals surface area (Å²) in [5.41, 5.74) is 0.395. The Hall–Kier alpha value is -1.69. The highest BCUT2D eigenvalue weighted by Crippen LogP contribution is 2.16. The average Bonchev–Trinajstić information content (AvgIpc) is 2.84. The van der Waals surface area contributed by atoms with Gasteiger partial charge in [0.15, 0.2) is 0 Å². The van der Waals surface area contributed by atoms with Crippen molar-refractivity contribution in [2.75, 3.05) is 39.0 Å². The molecule has 1 saturated heterocycles. The molecule has 6 nitrogen and oxygen atoms in total. The molecule has 1 aliphatic heterocycles. The number of carbonyl (C=O) groups excluding carboxylic acids is 1. The van der Waals surface area contributed by atoms with Crippen LogP contribution in [0.15, 0.2) is 12.4 Å². The Labute approximate surface area is 120 Å². The van der Waals surface area contributed by atoms with Crippen LogP contribution in [0.5, 0.6) is 0 Å². The molecule has 2 heterocycles. The van der Waals surface area contributed by atoms with Gasteiger partial charge < -0.3 is 15.1 Å². The second kappa shape index (κ2) is 6.65. The normalized spacial score (nSPS) is 19.1. The molecule has 0 radical (unpaired) electrons.